The first-order valence-corrected chi connectivity index (χ1v) is 6.55. The molecule has 0 saturated heterocycles. The van der Waals surface area contributed by atoms with Gasteiger partial charge in [0, 0.05) is 13.2 Å². The molecule has 18 heavy (non-hydrogen) atoms. The van der Waals surface area contributed by atoms with Crippen molar-refractivity contribution in [2.45, 2.75) is 0 Å². The molecule has 0 aliphatic carbocycles. The summed E-state index contributed by atoms with van der Waals surface area (Å²) < 4.78 is 25.0. The average molecular weight is 271 g/mol. The van der Waals surface area contributed by atoms with E-state index in [-0.39, 0.29) is 5.69 Å². The Labute approximate surface area is 102 Å². The Balaban J connectivity index is 2.82. The first-order chi connectivity index (χ1) is 8.32. The van der Waals surface area contributed by atoms with Crippen LogP contribution < -0.4 is 0 Å². The molecule has 0 aromatic carbocycles. The largest absolute Gasteiger partial charge is 0.476 e. The molecule has 0 spiro atoms. The maximum Gasteiger partial charge on any atom is 0.358 e. The van der Waals surface area contributed by atoms with Crippen LogP contribution in [0.25, 0.3) is 11.4 Å². The lowest BCUT2D eigenvalue weighted by atomic mass is 10.2. The maximum absolute atomic E-state index is 11.5. The zero-order valence-electron chi connectivity index (χ0n) is 9.47. The average Bonchev–Trinajstić information content (AvgIpc) is 2.80. The van der Waals surface area contributed by atoms with Gasteiger partial charge in [0.1, 0.15) is 5.69 Å². The fourth-order valence-corrected chi connectivity index (χ4v) is 2.15. The van der Waals surface area contributed by atoms with Crippen molar-refractivity contribution in [1.82, 2.24) is 24.2 Å². The van der Waals surface area contributed by atoms with Crippen LogP contribution in [0.2, 0.25) is 0 Å². The van der Waals surface area contributed by atoms with Crippen molar-refractivity contribution in [3.05, 3.63) is 18.0 Å². The molecule has 2 rings (SSSR count). The first-order valence-electron chi connectivity index (χ1n) is 4.70. The van der Waals surface area contributed by atoms with Crippen LogP contribution in [0.4, 0.5) is 0 Å². The van der Waals surface area contributed by atoms with Crippen LogP contribution in [0.1, 0.15) is 10.5 Å². The summed E-state index contributed by atoms with van der Waals surface area (Å²) in [5.74, 6) is -1.36. The Morgan fingerprint density at radius 3 is 2.56 bits per heavy atom. The van der Waals surface area contributed by atoms with E-state index in [1.807, 2.05) is 0 Å². The fourth-order valence-electron chi connectivity index (χ4n) is 1.47. The normalized spacial score (nSPS) is 11.7. The fraction of sp³-hybridized carbons (Fsp3) is 0.250. The van der Waals surface area contributed by atoms with Crippen molar-refractivity contribution in [1.29, 1.82) is 0 Å². The van der Waals surface area contributed by atoms with Gasteiger partial charge in [-0.1, -0.05) is 5.21 Å². The first kappa shape index (κ1) is 12.2. The lowest BCUT2D eigenvalue weighted by molar-refractivity contribution is 0.0691. The highest BCUT2D eigenvalue weighted by atomic mass is 32.2. The van der Waals surface area contributed by atoms with E-state index < -0.39 is 21.7 Å². The minimum atomic E-state index is -3.75. The Bertz CT molecular complexity index is 714. The molecule has 0 atom stereocenters. The van der Waals surface area contributed by atoms with Gasteiger partial charge in [0.25, 0.3) is 10.0 Å². The third-order valence-corrected chi connectivity index (χ3v) is 3.11. The quantitative estimate of drug-likeness (QED) is 0.774. The van der Waals surface area contributed by atoms with Gasteiger partial charge in [0.15, 0.2) is 0 Å². The summed E-state index contributed by atoms with van der Waals surface area (Å²) in [4.78, 5) is 11.0. The number of aryl methyl sites for hydroxylation is 1. The van der Waals surface area contributed by atoms with Crippen LogP contribution in [0.3, 0.4) is 0 Å². The summed E-state index contributed by atoms with van der Waals surface area (Å²) in [6.45, 7) is 0. The van der Waals surface area contributed by atoms with Crippen LogP contribution in [0.15, 0.2) is 12.3 Å². The Morgan fingerprint density at radius 2 is 2.11 bits per heavy atom. The number of aromatic nitrogens is 5. The molecule has 2 aromatic rings. The van der Waals surface area contributed by atoms with Crippen LogP contribution in [-0.2, 0) is 17.1 Å². The highest BCUT2D eigenvalue weighted by Crippen LogP contribution is 2.22. The molecule has 0 saturated carbocycles. The van der Waals surface area contributed by atoms with Gasteiger partial charge in [-0.25, -0.2) is 13.2 Å². The van der Waals surface area contributed by atoms with E-state index in [4.69, 9.17) is 5.11 Å². The van der Waals surface area contributed by atoms with Gasteiger partial charge in [0.2, 0.25) is 5.69 Å². The number of rotatable bonds is 3. The third-order valence-electron chi connectivity index (χ3n) is 2.22. The van der Waals surface area contributed by atoms with Gasteiger partial charge in [0.05, 0.1) is 11.9 Å². The van der Waals surface area contributed by atoms with E-state index in [2.05, 4.69) is 15.4 Å². The predicted octanol–water partition coefficient (Wildman–Crippen LogP) is -0.816. The number of hydrogen-bond donors (Lipinski definition) is 1. The standard InChI is InChI=1S/C8H9N5O4S/c1-12-5(3-4-9-12)7-6(8(14)15)10-11-13(7)18(2,16)17/h3-4H,1-2H3,(H,14,15). The molecule has 0 aliphatic heterocycles. The van der Waals surface area contributed by atoms with Crippen molar-refractivity contribution in [3.63, 3.8) is 0 Å². The summed E-state index contributed by atoms with van der Waals surface area (Å²) in [5, 5.41) is 19.6. The SMILES string of the molecule is Cn1nccc1-c1c(C(=O)O)nnn1S(C)(=O)=O. The number of carboxylic acid groups (broad SMARTS) is 1. The second kappa shape index (κ2) is 3.91. The van der Waals surface area contributed by atoms with Crippen LogP contribution in [0.5, 0.6) is 0 Å². The van der Waals surface area contributed by atoms with Gasteiger partial charge in [-0.3, -0.25) is 4.68 Å². The molecule has 9 nitrogen and oxygen atoms in total. The molecule has 2 heterocycles. The molecule has 0 unspecified atom stereocenters. The molecule has 0 aliphatic rings. The van der Waals surface area contributed by atoms with Gasteiger partial charge >= 0.3 is 5.97 Å². The van der Waals surface area contributed by atoms with E-state index >= 15 is 0 Å². The highest BCUT2D eigenvalue weighted by Gasteiger charge is 2.26. The van der Waals surface area contributed by atoms with Gasteiger partial charge in [-0.05, 0) is 6.07 Å². The number of carboxylic acids is 1. The minimum absolute atomic E-state index is 0.120. The lowest BCUT2D eigenvalue weighted by Gasteiger charge is -2.04. The molecule has 0 radical (unpaired) electrons. The number of hydrogen-bond acceptors (Lipinski definition) is 6. The third kappa shape index (κ3) is 1.86. The van der Waals surface area contributed by atoms with Crippen molar-refractivity contribution >= 4 is 16.0 Å². The zero-order chi connectivity index (χ0) is 13.5. The minimum Gasteiger partial charge on any atom is -0.476 e. The maximum atomic E-state index is 11.5. The van der Waals surface area contributed by atoms with E-state index in [0.717, 1.165) is 6.26 Å². The van der Waals surface area contributed by atoms with Gasteiger partial charge in [-0.2, -0.15) is 5.10 Å². The summed E-state index contributed by atoms with van der Waals surface area (Å²) >= 11 is 0. The van der Waals surface area contributed by atoms with Gasteiger partial charge < -0.3 is 5.11 Å². The van der Waals surface area contributed by atoms with Crippen molar-refractivity contribution in [2.75, 3.05) is 6.26 Å². The molecule has 0 fully saturated rings. The van der Waals surface area contributed by atoms with E-state index in [9.17, 15) is 13.2 Å². The smallest absolute Gasteiger partial charge is 0.358 e. The topological polar surface area (TPSA) is 120 Å². The van der Waals surface area contributed by atoms with Crippen LogP contribution in [-0.4, -0.2) is 49.9 Å². The Morgan fingerprint density at radius 1 is 1.44 bits per heavy atom. The van der Waals surface area contributed by atoms with Gasteiger partial charge in [-0.15, -0.1) is 9.19 Å². The summed E-state index contributed by atoms with van der Waals surface area (Å²) in [6, 6.07) is 1.48. The molecular formula is C8H9N5O4S. The molecule has 2 aromatic heterocycles. The molecule has 10 heteroatoms. The molecular weight excluding hydrogens is 262 g/mol. The molecule has 96 valence electrons. The molecule has 1 N–H and O–H groups in total. The van der Waals surface area contributed by atoms with E-state index in [0.29, 0.717) is 9.78 Å². The number of aromatic carboxylic acids is 1. The molecule has 0 amide bonds. The van der Waals surface area contributed by atoms with Crippen LogP contribution in [0, 0.1) is 0 Å². The van der Waals surface area contributed by atoms with Crippen LogP contribution >= 0.6 is 0 Å². The van der Waals surface area contributed by atoms with E-state index in [1.54, 1.807) is 7.05 Å². The Hall–Kier alpha value is -2.23. The summed E-state index contributed by atoms with van der Waals surface area (Å²) in [5.41, 5.74) is -0.267. The molecule has 0 bridgehead atoms. The summed E-state index contributed by atoms with van der Waals surface area (Å²) in [6.07, 6.45) is 2.33. The van der Waals surface area contributed by atoms with Crippen molar-refractivity contribution in [2.24, 2.45) is 7.05 Å². The van der Waals surface area contributed by atoms with Crippen molar-refractivity contribution in [3.8, 4) is 11.4 Å². The lowest BCUT2D eigenvalue weighted by Crippen LogP contribution is -2.15. The zero-order valence-corrected chi connectivity index (χ0v) is 10.3. The highest BCUT2D eigenvalue weighted by molar-refractivity contribution is 7.89. The Kier molecular flexibility index (Phi) is 2.66. The second-order valence-electron chi connectivity index (χ2n) is 3.54. The second-order valence-corrected chi connectivity index (χ2v) is 5.35. The predicted molar refractivity (Wildman–Crippen MR) is 59.4 cm³/mol. The monoisotopic (exact) mass is 271 g/mol. The number of nitrogens with zero attached hydrogens (tertiary/aromatic N) is 5. The number of carbonyl (C=O) groups is 1. The summed E-state index contributed by atoms with van der Waals surface area (Å²) in [7, 11) is -2.19. The van der Waals surface area contributed by atoms with Crippen molar-refractivity contribution < 1.29 is 18.3 Å². The van der Waals surface area contributed by atoms with E-state index in [1.165, 1.54) is 16.9 Å².